The zero-order valence-electron chi connectivity index (χ0n) is 24.5. The Bertz CT molecular complexity index is 2980. The van der Waals surface area contributed by atoms with Crippen LogP contribution in [0.1, 0.15) is 0 Å². The zero-order valence-corrected chi connectivity index (χ0v) is 24.5. The van der Waals surface area contributed by atoms with E-state index in [2.05, 4.69) is 120 Å². The van der Waals surface area contributed by atoms with Gasteiger partial charge in [-0.2, -0.15) is 0 Å². The monoisotopic (exact) mass is 589 g/mol. The molecule has 0 aliphatic heterocycles. The summed E-state index contributed by atoms with van der Waals surface area (Å²) in [7, 11) is 0. The first-order valence-corrected chi connectivity index (χ1v) is 15.5. The maximum Gasteiger partial charge on any atom is 0.159 e. The first kappa shape index (κ1) is 24.1. The van der Waals surface area contributed by atoms with Crippen molar-refractivity contribution in [3.63, 3.8) is 0 Å². The third-order valence-electron chi connectivity index (χ3n) is 9.61. The molecule has 11 aromatic rings. The molecule has 4 nitrogen and oxygen atoms in total. The van der Waals surface area contributed by atoms with Gasteiger partial charge in [-0.3, -0.25) is 0 Å². The largest absolute Gasteiger partial charge is 0.456 e. The molecular formula is C42H23NO3. The lowest BCUT2D eigenvalue weighted by molar-refractivity contribution is 0.662. The van der Waals surface area contributed by atoms with Gasteiger partial charge in [0.2, 0.25) is 0 Å². The first-order valence-electron chi connectivity index (χ1n) is 15.5. The molecule has 4 aromatic heterocycles. The van der Waals surface area contributed by atoms with Crippen LogP contribution in [0.2, 0.25) is 0 Å². The number of rotatable bonds is 2. The fourth-order valence-electron chi connectivity index (χ4n) is 7.68. The highest BCUT2D eigenvalue weighted by Crippen LogP contribution is 2.45. The molecule has 0 fully saturated rings. The van der Waals surface area contributed by atoms with Gasteiger partial charge in [-0.15, -0.1) is 0 Å². The molecule has 46 heavy (non-hydrogen) atoms. The minimum absolute atomic E-state index is 0.834. The summed E-state index contributed by atoms with van der Waals surface area (Å²) in [5.74, 6) is 0. The summed E-state index contributed by atoms with van der Waals surface area (Å²) in [5, 5.41) is 8.86. The number of hydrogen-bond donors (Lipinski definition) is 0. The van der Waals surface area contributed by atoms with Gasteiger partial charge >= 0.3 is 0 Å². The highest BCUT2D eigenvalue weighted by Gasteiger charge is 2.21. The van der Waals surface area contributed by atoms with Crippen LogP contribution < -0.4 is 0 Å². The molecule has 0 saturated carbocycles. The number of fused-ring (bicyclic) bond motifs is 12. The Morgan fingerprint density at radius 1 is 0.348 bits per heavy atom. The number of benzene rings is 7. The molecule has 0 radical (unpaired) electrons. The van der Waals surface area contributed by atoms with Crippen molar-refractivity contribution in [3.8, 4) is 16.8 Å². The van der Waals surface area contributed by atoms with Crippen molar-refractivity contribution in [3.05, 3.63) is 140 Å². The maximum atomic E-state index is 6.82. The highest BCUT2D eigenvalue weighted by atomic mass is 16.3. The van der Waals surface area contributed by atoms with Gasteiger partial charge in [0.15, 0.2) is 5.58 Å². The van der Waals surface area contributed by atoms with E-state index in [0.717, 1.165) is 93.7 Å². The smallest absolute Gasteiger partial charge is 0.159 e. The molecule has 0 bridgehead atoms. The van der Waals surface area contributed by atoms with E-state index in [1.165, 1.54) is 10.8 Å². The maximum absolute atomic E-state index is 6.82. The van der Waals surface area contributed by atoms with E-state index >= 15 is 0 Å². The second kappa shape index (κ2) is 8.68. The summed E-state index contributed by atoms with van der Waals surface area (Å²) in [4.78, 5) is 0. The average Bonchev–Trinajstić information content (AvgIpc) is 3.85. The third kappa shape index (κ3) is 3.07. The van der Waals surface area contributed by atoms with Crippen molar-refractivity contribution < 1.29 is 13.3 Å². The molecule has 0 amide bonds. The van der Waals surface area contributed by atoms with E-state index < -0.39 is 0 Å². The van der Waals surface area contributed by atoms with Gasteiger partial charge in [0.25, 0.3) is 0 Å². The van der Waals surface area contributed by atoms with Gasteiger partial charge in [-0.1, -0.05) is 91.0 Å². The molecular weight excluding hydrogens is 566 g/mol. The Kier molecular flexibility index (Phi) is 4.55. The summed E-state index contributed by atoms with van der Waals surface area (Å²) in [6.45, 7) is 0. The van der Waals surface area contributed by atoms with E-state index in [4.69, 9.17) is 13.3 Å². The number of furan rings is 3. The predicted molar refractivity (Wildman–Crippen MR) is 188 cm³/mol. The molecule has 4 heterocycles. The Labute approximate surface area is 261 Å². The Morgan fingerprint density at radius 2 is 0.870 bits per heavy atom. The Hall–Kier alpha value is -6.26. The molecule has 214 valence electrons. The standard InChI is InChI=1S/C42H23NO3/c1-4-16-32-24(10-1)25-11-2-5-17-33(25)43(32)34-18-7-15-28-30-22-39-31(23-38(30)46-42(28)34)41-27(14-9-21-37(41)45-39)26-13-8-20-36-40(26)29-12-3-6-19-35(29)44-36/h1-23H. The van der Waals surface area contributed by atoms with Gasteiger partial charge < -0.3 is 17.8 Å². The molecule has 11 rings (SSSR count). The number of para-hydroxylation sites is 4. The van der Waals surface area contributed by atoms with Gasteiger partial charge in [-0.25, -0.2) is 0 Å². The predicted octanol–water partition coefficient (Wildman–Crippen LogP) is 12.1. The molecule has 0 aliphatic rings. The minimum atomic E-state index is 0.834. The van der Waals surface area contributed by atoms with Crippen LogP contribution in [0.25, 0.3) is 104 Å². The van der Waals surface area contributed by atoms with Gasteiger partial charge in [0.1, 0.15) is 27.9 Å². The molecule has 0 saturated heterocycles. The quantitative estimate of drug-likeness (QED) is 0.201. The van der Waals surface area contributed by atoms with Crippen molar-refractivity contribution in [1.82, 2.24) is 4.57 Å². The Morgan fingerprint density at radius 3 is 1.61 bits per heavy atom. The normalized spacial score (nSPS) is 12.3. The van der Waals surface area contributed by atoms with Crippen molar-refractivity contribution in [1.29, 1.82) is 0 Å². The summed E-state index contributed by atoms with van der Waals surface area (Å²) in [6.07, 6.45) is 0. The van der Waals surface area contributed by atoms with E-state index in [1.54, 1.807) is 0 Å². The van der Waals surface area contributed by atoms with Gasteiger partial charge in [-0.05, 0) is 59.7 Å². The lowest BCUT2D eigenvalue weighted by atomic mass is 9.95. The van der Waals surface area contributed by atoms with Crippen LogP contribution in [0, 0.1) is 0 Å². The second-order valence-electron chi connectivity index (χ2n) is 12.0. The lowest BCUT2D eigenvalue weighted by Crippen LogP contribution is -1.93. The summed E-state index contributed by atoms with van der Waals surface area (Å²) < 4.78 is 21.9. The van der Waals surface area contributed by atoms with Crippen molar-refractivity contribution in [2.75, 3.05) is 0 Å². The van der Waals surface area contributed by atoms with Gasteiger partial charge in [0.05, 0.1) is 16.7 Å². The molecule has 0 aliphatic carbocycles. The van der Waals surface area contributed by atoms with Crippen LogP contribution in [0.4, 0.5) is 0 Å². The first-order chi connectivity index (χ1) is 22.8. The summed E-state index contributed by atoms with van der Waals surface area (Å²) in [6, 6.07) is 48.7. The van der Waals surface area contributed by atoms with Crippen LogP contribution in [-0.2, 0) is 0 Å². The zero-order chi connectivity index (χ0) is 29.9. The number of hydrogen-bond acceptors (Lipinski definition) is 3. The third-order valence-corrected chi connectivity index (χ3v) is 9.61. The van der Waals surface area contributed by atoms with Crippen LogP contribution >= 0.6 is 0 Å². The van der Waals surface area contributed by atoms with Crippen molar-refractivity contribution in [2.45, 2.75) is 0 Å². The lowest BCUT2D eigenvalue weighted by Gasteiger charge is -2.08. The fourth-order valence-corrected chi connectivity index (χ4v) is 7.68. The van der Waals surface area contributed by atoms with Crippen molar-refractivity contribution >= 4 is 87.6 Å². The Balaban J connectivity index is 1.20. The van der Waals surface area contributed by atoms with E-state index in [0.29, 0.717) is 0 Å². The molecule has 0 spiro atoms. The number of nitrogens with zero attached hydrogens (tertiary/aromatic N) is 1. The second-order valence-corrected chi connectivity index (χ2v) is 12.0. The summed E-state index contributed by atoms with van der Waals surface area (Å²) >= 11 is 0. The topological polar surface area (TPSA) is 44.4 Å². The van der Waals surface area contributed by atoms with Crippen molar-refractivity contribution in [2.24, 2.45) is 0 Å². The minimum Gasteiger partial charge on any atom is -0.456 e. The molecule has 0 atom stereocenters. The van der Waals surface area contributed by atoms with Crippen LogP contribution in [0.5, 0.6) is 0 Å². The summed E-state index contributed by atoms with van der Waals surface area (Å²) in [5.41, 5.74) is 10.7. The average molecular weight is 590 g/mol. The fraction of sp³-hybridized carbons (Fsp3) is 0. The van der Waals surface area contributed by atoms with E-state index in [9.17, 15) is 0 Å². The molecule has 0 unspecified atom stereocenters. The molecule has 7 aromatic carbocycles. The van der Waals surface area contributed by atoms with Gasteiger partial charge in [0, 0.05) is 43.1 Å². The SMILES string of the molecule is c1ccc2c(c1)oc1cccc(-c3cccc4oc5cc6c(cc5c34)oc3c(-n4c5ccccc5c5ccccc54)cccc36)c12. The van der Waals surface area contributed by atoms with Crippen LogP contribution in [0.15, 0.2) is 153 Å². The van der Waals surface area contributed by atoms with Crippen LogP contribution in [-0.4, -0.2) is 4.57 Å². The number of aromatic nitrogens is 1. The molecule has 0 N–H and O–H groups in total. The van der Waals surface area contributed by atoms with E-state index in [-0.39, 0.29) is 0 Å². The van der Waals surface area contributed by atoms with Crippen LogP contribution in [0.3, 0.4) is 0 Å². The molecule has 4 heteroatoms. The van der Waals surface area contributed by atoms with E-state index in [1.807, 2.05) is 24.3 Å². The highest BCUT2D eigenvalue weighted by molar-refractivity contribution is 6.22.